The summed E-state index contributed by atoms with van der Waals surface area (Å²) in [5.74, 6) is 0. The Kier molecular flexibility index (Phi) is 3.58. The molecule has 1 saturated carbocycles. The molecule has 0 atom stereocenters. The van der Waals surface area contributed by atoms with Gasteiger partial charge in [-0.25, -0.2) is 4.98 Å². The third-order valence-corrected chi connectivity index (χ3v) is 2.83. The minimum atomic E-state index is -4.15. The summed E-state index contributed by atoms with van der Waals surface area (Å²) in [6.07, 6.45) is -0.959. The predicted octanol–water partition coefficient (Wildman–Crippen LogP) is 3.26. The van der Waals surface area contributed by atoms with Crippen LogP contribution in [0.5, 0.6) is 0 Å². The third-order valence-electron chi connectivity index (χ3n) is 2.62. The fourth-order valence-corrected chi connectivity index (χ4v) is 1.96. The fraction of sp³-hybridized carbons (Fsp3) is 0.545. The first-order valence-electron chi connectivity index (χ1n) is 5.35. The van der Waals surface area contributed by atoms with Gasteiger partial charge in [0, 0.05) is 18.8 Å². The van der Waals surface area contributed by atoms with E-state index < -0.39 is 12.7 Å². The van der Waals surface area contributed by atoms with Crippen LogP contribution in [0.1, 0.15) is 18.4 Å². The van der Waals surface area contributed by atoms with Gasteiger partial charge in [-0.1, -0.05) is 11.6 Å². The molecule has 1 fully saturated rings. The van der Waals surface area contributed by atoms with Crippen molar-refractivity contribution in [1.29, 1.82) is 0 Å². The zero-order chi connectivity index (χ0) is 12.5. The van der Waals surface area contributed by atoms with Crippen molar-refractivity contribution in [3.63, 3.8) is 0 Å². The highest BCUT2D eigenvalue weighted by atomic mass is 35.5. The van der Waals surface area contributed by atoms with Crippen LogP contribution < -0.4 is 0 Å². The standard InChI is InChI=1S/C11H12ClF3N2/c12-10-5-8(3-4-16-10)6-17(9-1-2-9)7-11(13,14)15/h3-5,9H,1-2,6-7H2. The molecule has 0 spiro atoms. The first kappa shape index (κ1) is 12.6. The van der Waals surface area contributed by atoms with Gasteiger partial charge in [-0.15, -0.1) is 0 Å². The lowest BCUT2D eigenvalue weighted by molar-refractivity contribution is -0.148. The van der Waals surface area contributed by atoms with E-state index in [2.05, 4.69) is 4.98 Å². The van der Waals surface area contributed by atoms with Gasteiger partial charge in [0.05, 0.1) is 6.54 Å². The third kappa shape index (κ3) is 4.16. The second kappa shape index (κ2) is 4.82. The van der Waals surface area contributed by atoms with Crippen molar-refractivity contribution >= 4 is 11.6 Å². The van der Waals surface area contributed by atoms with Gasteiger partial charge in [0.15, 0.2) is 0 Å². The molecular formula is C11H12ClF3N2. The molecule has 0 amide bonds. The zero-order valence-corrected chi connectivity index (χ0v) is 9.80. The van der Waals surface area contributed by atoms with E-state index in [0.717, 1.165) is 18.4 Å². The first-order chi connectivity index (χ1) is 7.94. The lowest BCUT2D eigenvalue weighted by atomic mass is 10.2. The van der Waals surface area contributed by atoms with E-state index in [1.165, 1.54) is 11.1 Å². The van der Waals surface area contributed by atoms with E-state index in [-0.39, 0.29) is 12.6 Å². The minimum absolute atomic E-state index is 0.0589. The number of rotatable bonds is 4. The number of pyridine rings is 1. The number of hydrogen-bond donors (Lipinski definition) is 0. The number of hydrogen-bond acceptors (Lipinski definition) is 2. The summed E-state index contributed by atoms with van der Waals surface area (Å²) in [6, 6.07) is 3.36. The molecule has 94 valence electrons. The lowest BCUT2D eigenvalue weighted by Gasteiger charge is -2.23. The maximum Gasteiger partial charge on any atom is 0.401 e. The van der Waals surface area contributed by atoms with Crippen LogP contribution in [0.25, 0.3) is 0 Å². The van der Waals surface area contributed by atoms with Gasteiger partial charge in [-0.05, 0) is 30.5 Å². The molecule has 1 aromatic rings. The molecule has 0 saturated heterocycles. The molecule has 0 unspecified atom stereocenters. The summed E-state index contributed by atoms with van der Waals surface area (Å²) in [5, 5.41) is 0.310. The van der Waals surface area contributed by atoms with E-state index in [4.69, 9.17) is 11.6 Å². The Morgan fingerprint density at radius 3 is 2.65 bits per heavy atom. The van der Waals surface area contributed by atoms with Crippen LogP contribution >= 0.6 is 11.6 Å². The summed E-state index contributed by atoms with van der Waals surface area (Å²) in [7, 11) is 0. The maximum absolute atomic E-state index is 12.4. The fourth-order valence-electron chi connectivity index (χ4n) is 1.76. The molecular weight excluding hydrogens is 253 g/mol. The average Bonchev–Trinajstić information content (AvgIpc) is 2.97. The molecule has 2 rings (SSSR count). The van der Waals surface area contributed by atoms with Crippen molar-refractivity contribution in [2.45, 2.75) is 31.6 Å². The van der Waals surface area contributed by atoms with Gasteiger partial charge in [-0.3, -0.25) is 4.90 Å². The largest absolute Gasteiger partial charge is 0.401 e. The molecule has 0 aromatic carbocycles. The van der Waals surface area contributed by atoms with Crippen molar-refractivity contribution in [1.82, 2.24) is 9.88 Å². The molecule has 1 aliphatic carbocycles. The van der Waals surface area contributed by atoms with E-state index >= 15 is 0 Å². The lowest BCUT2D eigenvalue weighted by Crippen LogP contribution is -2.35. The first-order valence-corrected chi connectivity index (χ1v) is 5.73. The number of nitrogens with zero attached hydrogens (tertiary/aromatic N) is 2. The van der Waals surface area contributed by atoms with E-state index in [0.29, 0.717) is 5.15 Å². The Morgan fingerprint density at radius 2 is 2.12 bits per heavy atom. The summed E-state index contributed by atoms with van der Waals surface area (Å²) in [5.41, 5.74) is 0.765. The van der Waals surface area contributed by atoms with Gasteiger partial charge in [0.1, 0.15) is 5.15 Å². The Morgan fingerprint density at radius 1 is 1.41 bits per heavy atom. The summed E-state index contributed by atoms with van der Waals surface area (Å²) >= 11 is 5.70. The molecule has 0 N–H and O–H groups in total. The molecule has 0 bridgehead atoms. The molecule has 0 radical (unpaired) electrons. The van der Waals surface area contributed by atoms with Gasteiger partial charge in [0.2, 0.25) is 0 Å². The van der Waals surface area contributed by atoms with E-state index in [1.54, 1.807) is 12.1 Å². The van der Waals surface area contributed by atoms with Crippen LogP contribution in [0.4, 0.5) is 13.2 Å². The van der Waals surface area contributed by atoms with Crippen LogP contribution in [0.3, 0.4) is 0 Å². The van der Waals surface area contributed by atoms with Gasteiger partial charge in [-0.2, -0.15) is 13.2 Å². The summed E-state index contributed by atoms with van der Waals surface area (Å²) < 4.78 is 37.2. The van der Waals surface area contributed by atoms with Crippen LogP contribution in [0.2, 0.25) is 5.15 Å². The molecule has 1 heterocycles. The van der Waals surface area contributed by atoms with E-state index in [9.17, 15) is 13.2 Å². The Labute approximate surface area is 102 Å². The number of aromatic nitrogens is 1. The van der Waals surface area contributed by atoms with Crippen LogP contribution in [0, 0.1) is 0 Å². The highest BCUT2D eigenvalue weighted by Gasteiger charge is 2.37. The predicted molar refractivity (Wildman–Crippen MR) is 58.7 cm³/mol. The summed E-state index contributed by atoms with van der Waals surface area (Å²) in [4.78, 5) is 5.26. The maximum atomic E-state index is 12.4. The summed E-state index contributed by atoms with van der Waals surface area (Å²) in [6.45, 7) is -0.593. The number of alkyl halides is 3. The second-order valence-corrected chi connectivity index (χ2v) is 4.63. The van der Waals surface area contributed by atoms with Gasteiger partial charge in [0.25, 0.3) is 0 Å². The van der Waals surface area contributed by atoms with Crippen molar-refractivity contribution in [2.24, 2.45) is 0 Å². The van der Waals surface area contributed by atoms with Crippen LogP contribution in [0.15, 0.2) is 18.3 Å². The van der Waals surface area contributed by atoms with Crippen LogP contribution in [-0.4, -0.2) is 28.6 Å². The molecule has 6 heteroatoms. The Bertz CT molecular complexity index is 391. The Hall–Kier alpha value is -0.810. The molecule has 0 aliphatic heterocycles. The molecule has 1 aromatic heterocycles. The number of halogens is 4. The highest BCUT2D eigenvalue weighted by Crippen LogP contribution is 2.31. The van der Waals surface area contributed by atoms with Crippen LogP contribution in [-0.2, 0) is 6.54 Å². The van der Waals surface area contributed by atoms with Crippen molar-refractivity contribution in [3.8, 4) is 0 Å². The van der Waals surface area contributed by atoms with Gasteiger partial charge >= 0.3 is 6.18 Å². The molecule has 2 nitrogen and oxygen atoms in total. The van der Waals surface area contributed by atoms with Crippen molar-refractivity contribution < 1.29 is 13.2 Å². The monoisotopic (exact) mass is 264 g/mol. The zero-order valence-electron chi connectivity index (χ0n) is 9.04. The smallest absolute Gasteiger partial charge is 0.288 e. The Balaban J connectivity index is 2.02. The minimum Gasteiger partial charge on any atom is -0.288 e. The quantitative estimate of drug-likeness (QED) is 0.776. The molecule has 1 aliphatic rings. The molecule has 17 heavy (non-hydrogen) atoms. The SMILES string of the molecule is FC(F)(F)CN(Cc1ccnc(Cl)c1)C1CC1. The highest BCUT2D eigenvalue weighted by molar-refractivity contribution is 6.29. The van der Waals surface area contributed by atoms with Crippen molar-refractivity contribution in [3.05, 3.63) is 29.0 Å². The van der Waals surface area contributed by atoms with Crippen molar-refractivity contribution in [2.75, 3.05) is 6.54 Å². The normalized spacial score (nSPS) is 16.5. The van der Waals surface area contributed by atoms with E-state index in [1.807, 2.05) is 0 Å². The van der Waals surface area contributed by atoms with Gasteiger partial charge < -0.3 is 0 Å². The topological polar surface area (TPSA) is 16.1 Å². The average molecular weight is 265 g/mol. The second-order valence-electron chi connectivity index (χ2n) is 4.24.